The van der Waals surface area contributed by atoms with Gasteiger partial charge in [0.05, 0.1) is 53.5 Å². The fourth-order valence-corrected chi connectivity index (χ4v) is 4.71. The zero-order valence-electron chi connectivity index (χ0n) is 21.4. The Morgan fingerprint density at radius 3 is 2.89 bits per heavy atom. The van der Waals surface area contributed by atoms with Crippen molar-refractivity contribution in [3.8, 4) is 22.9 Å². The van der Waals surface area contributed by atoms with Gasteiger partial charge in [-0.25, -0.2) is 4.68 Å². The molecule has 1 aromatic carbocycles. The van der Waals surface area contributed by atoms with E-state index in [1.807, 2.05) is 50.0 Å². The van der Waals surface area contributed by atoms with Crippen LogP contribution in [-0.2, 0) is 13.6 Å². The molecular weight excluding hydrogens is 458 g/mol. The first-order valence-corrected chi connectivity index (χ1v) is 12.3. The standard InChI is InChI=1S/C26H33N7O3/c1-6-35-25-19-8-10-23-20-11-18(7-9-22(20)28-29-23)21-12-27-32(5)26(21)36-17(3)13-31(4)14-24(19)33(30-25)16(2)15-34/h7-12,16-17,34H,6,13-15H2,1-5H3,(H,28,29)/b10-8+/t16-,17-/m0/s1. The molecule has 0 saturated carbocycles. The molecule has 0 unspecified atom stereocenters. The molecule has 0 aliphatic carbocycles. The van der Waals surface area contributed by atoms with E-state index in [0.717, 1.165) is 44.9 Å². The number of hydrogen-bond donors (Lipinski definition) is 2. The predicted molar refractivity (Wildman–Crippen MR) is 139 cm³/mol. The van der Waals surface area contributed by atoms with Gasteiger partial charge < -0.3 is 14.6 Å². The molecule has 4 aromatic rings. The third-order valence-electron chi connectivity index (χ3n) is 6.48. The molecule has 0 saturated heterocycles. The summed E-state index contributed by atoms with van der Waals surface area (Å²) in [6, 6.07) is 5.99. The second kappa shape index (κ2) is 9.79. The highest BCUT2D eigenvalue weighted by molar-refractivity contribution is 5.93. The van der Waals surface area contributed by atoms with E-state index in [2.05, 4.69) is 46.3 Å². The summed E-state index contributed by atoms with van der Waals surface area (Å²) in [5, 5.41) is 27.8. The molecule has 36 heavy (non-hydrogen) atoms. The highest BCUT2D eigenvalue weighted by Crippen LogP contribution is 2.34. The molecule has 4 heterocycles. The van der Waals surface area contributed by atoms with E-state index in [-0.39, 0.29) is 18.8 Å². The van der Waals surface area contributed by atoms with Gasteiger partial charge in [-0.1, -0.05) is 6.07 Å². The minimum atomic E-state index is -0.198. The van der Waals surface area contributed by atoms with Crippen molar-refractivity contribution in [3.05, 3.63) is 41.3 Å². The van der Waals surface area contributed by atoms with Crippen molar-refractivity contribution < 1.29 is 14.6 Å². The number of ether oxygens (including phenoxy) is 2. The van der Waals surface area contributed by atoms with E-state index in [0.29, 0.717) is 25.6 Å². The first kappa shape index (κ1) is 24.1. The summed E-state index contributed by atoms with van der Waals surface area (Å²) >= 11 is 0. The van der Waals surface area contributed by atoms with Gasteiger partial charge in [0.2, 0.25) is 11.8 Å². The average molecular weight is 492 g/mol. The van der Waals surface area contributed by atoms with E-state index in [1.54, 1.807) is 4.68 Å². The normalized spacial score (nSPS) is 18.2. The number of aromatic amines is 1. The lowest BCUT2D eigenvalue weighted by molar-refractivity contribution is 0.145. The van der Waals surface area contributed by atoms with Crippen molar-refractivity contribution in [1.82, 2.24) is 34.7 Å². The number of aromatic nitrogens is 6. The minimum absolute atomic E-state index is 0.0251. The Morgan fingerprint density at radius 2 is 2.11 bits per heavy atom. The Kier molecular flexibility index (Phi) is 6.55. The van der Waals surface area contributed by atoms with E-state index < -0.39 is 0 Å². The van der Waals surface area contributed by atoms with Crippen molar-refractivity contribution in [2.45, 2.75) is 39.5 Å². The summed E-state index contributed by atoms with van der Waals surface area (Å²) < 4.78 is 16.0. The van der Waals surface area contributed by atoms with Crippen LogP contribution >= 0.6 is 0 Å². The van der Waals surface area contributed by atoms with Gasteiger partial charge in [-0.05, 0) is 57.7 Å². The molecule has 0 amide bonds. The Hall–Kier alpha value is -3.63. The number of nitrogens with zero attached hydrogens (tertiary/aromatic N) is 6. The summed E-state index contributed by atoms with van der Waals surface area (Å²) in [7, 11) is 3.95. The van der Waals surface area contributed by atoms with E-state index >= 15 is 0 Å². The Labute approximate surface area is 210 Å². The third kappa shape index (κ3) is 4.38. The highest BCUT2D eigenvalue weighted by Gasteiger charge is 2.24. The van der Waals surface area contributed by atoms with Crippen molar-refractivity contribution in [3.63, 3.8) is 0 Å². The van der Waals surface area contributed by atoms with Crippen molar-refractivity contribution >= 4 is 23.1 Å². The van der Waals surface area contributed by atoms with Gasteiger partial charge in [-0.2, -0.15) is 10.2 Å². The number of aliphatic hydroxyl groups excluding tert-OH is 1. The molecule has 2 bridgehead atoms. The number of fused-ring (bicyclic) bond motifs is 4. The molecule has 1 aliphatic rings. The van der Waals surface area contributed by atoms with Crippen LogP contribution in [0.5, 0.6) is 11.8 Å². The topological polar surface area (TPSA) is 106 Å². The molecule has 1 aliphatic heterocycles. The fourth-order valence-electron chi connectivity index (χ4n) is 4.71. The van der Waals surface area contributed by atoms with Crippen LogP contribution in [0, 0.1) is 0 Å². The third-order valence-corrected chi connectivity index (χ3v) is 6.48. The lowest BCUT2D eigenvalue weighted by atomic mass is 10.1. The second-order valence-corrected chi connectivity index (χ2v) is 9.39. The predicted octanol–water partition coefficient (Wildman–Crippen LogP) is 3.50. The Balaban J connectivity index is 1.70. The fraction of sp³-hybridized carbons (Fsp3) is 0.423. The number of benzene rings is 1. The number of likely N-dealkylation sites (N-methyl/N-ethyl adjacent to an activating group) is 1. The number of hydrogen-bond acceptors (Lipinski definition) is 7. The van der Waals surface area contributed by atoms with Gasteiger partial charge in [0.25, 0.3) is 0 Å². The van der Waals surface area contributed by atoms with Crippen LogP contribution in [0.25, 0.3) is 34.2 Å². The SMILES string of the molecule is CCOc1nn([C@@H](C)CO)c2c1/C=C/c1n[nH]c3ccc(cc13)-c1cnn(C)c1O[C@@H](C)CN(C)C2. The Bertz CT molecular complexity index is 1400. The van der Waals surface area contributed by atoms with Crippen LogP contribution in [0.2, 0.25) is 0 Å². The van der Waals surface area contributed by atoms with Crippen molar-refractivity contribution in [2.24, 2.45) is 7.05 Å². The van der Waals surface area contributed by atoms with Gasteiger partial charge in [-0.15, -0.1) is 5.10 Å². The number of aryl methyl sites for hydroxylation is 1. The molecule has 10 nitrogen and oxygen atoms in total. The smallest absolute Gasteiger partial charge is 0.240 e. The molecule has 3 aromatic heterocycles. The highest BCUT2D eigenvalue weighted by atomic mass is 16.5. The monoisotopic (exact) mass is 491 g/mol. The first-order chi connectivity index (χ1) is 17.4. The van der Waals surface area contributed by atoms with Gasteiger partial charge in [0.15, 0.2) is 0 Å². The number of aliphatic hydroxyl groups is 1. The molecule has 0 radical (unpaired) electrons. The lowest BCUT2D eigenvalue weighted by Gasteiger charge is -2.24. The minimum Gasteiger partial charge on any atom is -0.476 e. The van der Waals surface area contributed by atoms with Crippen molar-refractivity contribution in [2.75, 3.05) is 26.8 Å². The summed E-state index contributed by atoms with van der Waals surface area (Å²) in [6.07, 6.45) is 5.75. The number of nitrogens with one attached hydrogen (secondary N) is 1. The maximum atomic E-state index is 9.92. The zero-order valence-corrected chi connectivity index (χ0v) is 21.4. The average Bonchev–Trinajstić information content (AvgIpc) is 3.52. The van der Waals surface area contributed by atoms with Gasteiger partial charge >= 0.3 is 0 Å². The van der Waals surface area contributed by atoms with Gasteiger partial charge in [-0.3, -0.25) is 14.7 Å². The van der Waals surface area contributed by atoms with Crippen LogP contribution in [-0.4, -0.2) is 72.7 Å². The van der Waals surface area contributed by atoms with E-state index in [4.69, 9.17) is 14.6 Å². The summed E-state index contributed by atoms with van der Waals surface area (Å²) in [5.74, 6) is 1.27. The molecule has 0 fully saturated rings. The van der Waals surface area contributed by atoms with E-state index in [9.17, 15) is 5.11 Å². The molecule has 190 valence electrons. The van der Waals surface area contributed by atoms with Crippen LogP contribution in [0.4, 0.5) is 0 Å². The summed E-state index contributed by atoms with van der Waals surface area (Å²) in [5.41, 5.74) is 5.55. The quantitative estimate of drug-likeness (QED) is 0.450. The molecule has 2 atom stereocenters. The first-order valence-electron chi connectivity index (χ1n) is 12.3. The van der Waals surface area contributed by atoms with E-state index in [1.165, 1.54) is 0 Å². The summed E-state index contributed by atoms with van der Waals surface area (Å²) in [6.45, 7) is 7.69. The maximum Gasteiger partial charge on any atom is 0.240 e. The summed E-state index contributed by atoms with van der Waals surface area (Å²) in [4.78, 5) is 2.19. The van der Waals surface area contributed by atoms with Gasteiger partial charge in [0.1, 0.15) is 6.10 Å². The van der Waals surface area contributed by atoms with Crippen molar-refractivity contribution in [1.29, 1.82) is 0 Å². The Morgan fingerprint density at radius 1 is 1.28 bits per heavy atom. The van der Waals surface area contributed by atoms with Gasteiger partial charge in [0, 0.05) is 25.5 Å². The largest absolute Gasteiger partial charge is 0.476 e. The second-order valence-electron chi connectivity index (χ2n) is 9.39. The lowest BCUT2D eigenvalue weighted by Crippen LogP contribution is -2.32. The van der Waals surface area contributed by atoms with Crippen LogP contribution in [0.1, 0.15) is 43.8 Å². The van der Waals surface area contributed by atoms with Crippen LogP contribution < -0.4 is 9.47 Å². The zero-order chi connectivity index (χ0) is 25.4. The van der Waals surface area contributed by atoms with Crippen LogP contribution in [0.3, 0.4) is 0 Å². The molecular formula is C26H33N7O3. The van der Waals surface area contributed by atoms with Crippen LogP contribution in [0.15, 0.2) is 24.4 Å². The molecule has 2 N–H and O–H groups in total. The molecule has 10 heteroatoms. The number of H-pyrrole nitrogens is 1. The molecule has 5 rings (SSSR count). The maximum absolute atomic E-state index is 9.92. The number of rotatable bonds is 4. The molecule has 0 spiro atoms.